The third-order valence-electron chi connectivity index (χ3n) is 3.86. The summed E-state index contributed by atoms with van der Waals surface area (Å²) in [4.78, 5) is 11.4. The zero-order valence-corrected chi connectivity index (χ0v) is 10.6. The van der Waals surface area contributed by atoms with E-state index in [2.05, 4.69) is 18.1 Å². The minimum absolute atomic E-state index is 0.516. The second kappa shape index (κ2) is 4.51. The van der Waals surface area contributed by atoms with Crippen LogP contribution in [0.25, 0.3) is 0 Å². The molecule has 0 amide bonds. The number of nitrogens with zero attached hydrogens (tertiary/aromatic N) is 2. The quantitative estimate of drug-likeness (QED) is 0.853. The highest BCUT2D eigenvalue weighted by Gasteiger charge is 2.44. The number of aromatic nitrogens is 2. The normalized spacial score (nSPS) is 17.8. The number of carbonyl (C=O) groups is 1. The van der Waals surface area contributed by atoms with Crippen LogP contribution >= 0.6 is 0 Å². The lowest BCUT2D eigenvalue weighted by molar-refractivity contribution is -0.154. The second-order valence-corrected chi connectivity index (χ2v) is 4.91. The molecule has 0 bridgehead atoms. The van der Waals surface area contributed by atoms with E-state index in [9.17, 15) is 9.90 Å². The largest absolute Gasteiger partial charge is 0.481 e. The average molecular weight is 236 g/mol. The molecule has 0 saturated heterocycles. The topological polar surface area (TPSA) is 55.1 Å². The molecule has 1 heterocycles. The van der Waals surface area contributed by atoms with Crippen LogP contribution in [-0.4, -0.2) is 20.9 Å². The lowest BCUT2D eigenvalue weighted by atomic mass is 9.66. The van der Waals surface area contributed by atoms with Gasteiger partial charge >= 0.3 is 5.97 Å². The summed E-state index contributed by atoms with van der Waals surface area (Å²) in [5.74, 6) is -0.648. The van der Waals surface area contributed by atoms with Gasteiger partial charge < -0.3 is 5.11 Å². The van der Waals surface area contributed by atoms with Gasteiger partial charge in [0, 0.05) is 18.7 Å². The zero-order valence-electron chi connectivity index (χ0n) is 10.6. The minimum atomic E-state index is -0.648. The summed E-state index contributed by atoms with van der Waals surface area (Å²) in [5.41, 5.74) is 1.62. The van der Waals surface area contributed by atoms with E-state index in [4.69, 9.17) is 0 Å². The summed E-state index contributed by atoms with van der Waals surface area (Å²) in [7, 11) is 0. The van der Waals surface area contributed by atoms with Gasteiger partial charge in [0.1, 0.15) is 0 Å². The Morgan fingerprint density at radius 2 is 2.24 bits per heavy atom. The lowest BCUT2D eigenvalue weighted by Gasteiger charge is -2.37. The van der Waals surface area contributed by atoms with E-state index in [1.165, 1.54) is 0 Å². The van der Waals surface area contributed by atoms with Crippen molar-refractivity contribution in [2.45, 2.75) is 52.5 Å². The average Bonchev–Trinajstić information content (AvgIpc) is 2.65. The monoisotopic (exact) mass is 236 g/mol. The molecule has 94 valence electrons. The molecule has 1 aliphatic carbocycles. The summed E-state index contributed by atoms with van der Waals surface area (Å²) in [6.45, 7) is 4.93. The van der Waals surface area contributed by atoms with Crippen molar-refractivity contribution >= 4 is 5.97 Å². The fourth-order valence-corrected chi connectivity index (χ4v) is 2.52. The van der Waals surface area contributed by atoms with Crippen LogP contribution in [0.5, 0.6) is 0 Å². The Bertz CT molecular complexity index is 419. The smallest absolute Gasteiger partial charge is 0.310 e. The van der Waals surface area contributed by atoms with Crippen molar-refractivity contribution in [1.29, 1.82) is 0 Å². The molecule has 1 aromatic heterocycles. The van der Waals surface area contributed by atoms with Gasteiger partial charge in [-0.2, -0.15) is 5.10 Å². The Hall–Kier alpha value is -1.32. The Morgan fingerprint density at radius 3 is 2.65 bits per heavy atom. The summed E-state index contributed by atoms with van der Waals surface area (Å²) >= 11 is 0. The highest BCUT2D eigenvalue weighted by molar-refractivity contribution is 5.76. The molecular formula is C13H20N2O2. The van der Waals surface area contributed by atoms with Crippen molar-refractivity contribution in [3.63, 3.8) is 0 Å². The highest BCUT2D eigenvalue weighted by atomic mass is 16.4. The van der Waals surface area contributed by atoms with Crippen molar-refractivity contribution < 1.29 is 9.90 Å². The molecule has 17 heavy (non-hydrogen) atoms. The van der Waals surface area contributed by atoms with Gasteiger partial charge in [0.2, 0.25) is 0 Å². The van der Waals surface area contributed by atoms with Gasteiger partial charge in [-0.3, -0.25) is 9.48 Å². The van der Waals surface area contributed by atoms with E-state index in [1.807, 2.05) is 11.6 Å². The molecule has 0 aromatic carbocycles. The van der Waals surface area contributed by atoms with Gasteiger partial charge in [0.15, 0.2) is 0 Å². The maximum atomic E-state index is 11.4. The standard InChI is InChI=1S/C13H20N2O2/c1-3-10-8-11(15(4-2)14-10)9-13(12(16)17)6-5-7-13/h8H,3-7,9H2,1-2H3,(H,16,17). The van der Waals surface area contributed by atoms with Crippen molar-refractivity contribution in [2.24, 2.45) is 5.41 Å². The summed E-state index contributed by atoms with van der Waals surface area (Å²) < 4.78 is 1.95. The minimum Gasteiger partial charge on any atom is -0.481 e. The van der Waals surface area contributed by atoms with Crippen LogP contribution in [0.2, 0.25) is 0 Å². The van der Waals surface area contributed by atoms with E-state index >= 15 is 0 Å². The molecular weight excluding hydrogens is 216 g/mol. The summed E-state index contributed by atoms with van der Waals surface area (Å²) in [5, 5.41) is 13.8. The van der Waals surface area contributed by atoms with Crippen LogP contribution < -0.4 is 0 Å². The number of hydrogen-bond donors (Lipinski definition) is 1. The fourth-order valence-electron chi connectivity index (χ4n) is 2.52. The first kappa shape index (κ1) is 12.1. The second-order valence-electron chi connectivity index (χ2n) is 4.91. The van der Waals surface area contributed by atoms with Crippen LogP contribution in [0, 0.1) is 5.41 Å². The SMILES string of the molecule is CCc1cc(CC2(C(=O)O)CCC2)n(CC)n1. The van der Waals surface area contributed by atoms with Gasteiger partial charge in [-0.25, -0.2) is 0 Å². The molecule has 0 radical (unpaired) electrons. The third kappa shape index (κ3) is 2.08. The maximum absolute atomic E-state index is 11.4. The summed E-state index contributed by atoms with van der Waals surface area (Å²) in [6.07, 6.45) is 4.17. The molecule has 2 rings (SSSR count). The number of rotatable bonds is 5. The molecule has 1 aromatic rings. The number of hydrogen-bond acceptors (Lipinski definition) is 2. The van der Waals surface area contributed by atoms with E-state index < -0.39 is 11.4 Å². The van der Waals surface area contributed by atoms with Crippen molar-refractivity contribution in [1.82, 2.24) is 9.78 Å². The van der Waals surface area contributed by atoms with Gasteiger partial charge in [0.05, 0.1) is 11.1 Å². The Kier molecular flexibility index (Phi) is 3.22. The molecule has 1 aliphatic rings. The van der Waals surface area contributed by atoms with Crippen molar-refractivity contribution in [3.8, 4) is 0 Å². The Labute approximate surface area is 102 Å². The predicted molar refractivity (Wildman–Crippen MR) is 64.9 cm³/mol. The molecule has 0 unspecified atom stereocenters. The van der Waals surface area contributed by atoms with Crippen LogP contribution in [0.4, 0.5) is 0 Å². The van der Waals surface area contributed by atoms with E-state index in [0.717, 1.165) is 43.6 Å². The number of carboxylic acids is 1. The van der Waals surface area contributed by atoms with Gasteiger partial charge in [0.25, 0.3) is 0 Å². The number of aryl methyl sites for hydroxylation is 2. The first-order valence-corrected chi connectivity index (χ1v) is 6.40. The number of aliphatic carboxylic acids is 1. The van der Waals surface area contributed by atoms with Gasteiger partial charge in [-0.15, -0.1) is 0 Å². The van der Waals surface area contributed by atoms with Crippen molar-refractivity contribution in [3.05, 3.63) is 17.5 Å². The van der Waals surface area contributed by atoms with E-state index in [-0.39, 0.29) is 0 Å². The van der Waals surface area contributed by atoms with Gasteiger partial charge in [-0.05, 0) is 32.3 Å². The number of carboxylic acid groups (broad SMARTS) is 1. The van der Waals surface area contributed by atoms with Crippen LogP contribution in [0.3, 0.4) is 0 Å². The Morgan fingerprint density at radius 1 is 1.53 bits per heavy atom. The van der Waals surface area contributed by atoms with Crippen molar-refractivity contribution in [2.75, 3.05) is 0 Å². The maximum Gasteiger partial charge on any atom is 0.310 e. The zero-order chi connectivity index (χ0) is 12.5. The predicted octanol–water partition coefficient (Wildman–Crippen LogP) is 2.26. The van der Waals surface area contributed by atoms with E-state index in [0.29, 0.717) is 6.42 Å². The first-order valence-electron chi connectivity index (χ1n) is 6.40. The fraction of sp³-hybridized carbons (Fsp3) is 0.692. The van der Waals surface area contributed by atoms with E-state index in [1.54, 1.807) is 0 Å². The molecule has 4 nitrogen and oxygen atoms in total. The molecule has 0 atom stereocenters. The molecule has 4 heteroatoms. The van der Waals surface area contributed by atoms with Crippen LogP contribution in [0.15, 0.2) is 6.07 Å². The molecule has 1 fully saturated rings. The van der Waals surface area contributed by atoms with Crippen LogP contribution in [0.1, 0.15) is 44.5 Å². The third-order valence-corrected chi connectivity index (χ3v) is 3.86. The Balaban J connectivity index is 2.22. The molecule has 1 N–H and O–H groups in total. The molecule has 1 saturated carbocycles. The van der Waals surface area contributed by atoms with Gasteiger partial charge in [-0.1, -0.05) is 13.3 Å². The lowest BCUT2D eigenvalue weighted by Crippen LogP contribution is -2.40. The molecule has 0 spiro atoms. The first-order chi connectivity index (χ1) is 8.11. The summed E-state index contributed by atoms with van der Waals surface area (Å²) in [6, 6.07) is 2.06. The highest BCUT2D eigenvalue weighted by Crippen LogP contribution is 2.44. The molecule has 0 aliphatic heterocycles. The van der Waals surface area contributed by atoms with Crippen LogP contribution in [-0.2, 0) is 24.2 Å².